The molecular weight excluding hydrogens is 246 g/mol. The minimum atomic E-state index is -0.801. The Hall–Kier alpha value is -1.59. The third kappa shape index (κ3) is 2.31. The fourth-order valence-corrected chi connectivity index (χ4v) is 2.55. The highest BCUT2D eigenvalue weighted by atomic mass is 16.2. The lowest BCUT2D eigenvalue weighted by Gasteiger charge is -2.40. The van der Waals surface area contributed by atoms with Crippen LogP contribution in [-0.4, -0.2) is 41.4 Å². The summed E-state index contributed by atoms with van der Waals surface area (Å²) in [4.78, 5) is 37.2. The number of rotatable bonds is 2. The van der Waals surface area contributed by atoms with E-state index >= 15 is 0 Å². The van der Waals surface area contributed by atoms with E-state index in [1.165, 1.54) is 0 Å². The molecule has 19 heavy (non-hydrogen) atoms. The lowest BCUT2D eigenvalue weighted by Crippen LogP contribution is -2.57. The van der Waals surface area contributed by atoms with E-state index < -0.39 is 11.6 Å². The molecule has 106 valence electrons. The van der Waals surface area contributed by atoms with Crippen molar-refractivity contribution in [3.63, 3.8) is 0 Å². The van der Waals surface area contributed by atoms with E-state index in [0.717, 1.165) is 6.42 Å². The number of hydrogen-bond acceptors (Lipinski definition) is 3. The van der Waals surface area contributed by atoms with E-state index in [0.29, 0.717) is 25.9 Å². The van der Waals surface area contributed by atoms with Gasteiger partial charge in [0.15, 0.2) is 0 Å². The Labute approximate surface area is 112 Å². The summed E-state index contributed by atoms with van der Waals surface area (Å²) in [6.45, 7) is 6.88. The first-order valence-corrected chi connectivity index (χ1v) is 6.74. The number of amides is 4. The van der Waals surface area contributed by atoms with E-state index in [9.17, 15) is 14.4 Å². The molecule has 0 aromatic heterocycles. The van der Waals surface area contributed by atoms with Gasteiger partial charge in [-0.15, -0.1) is 0 Å². The van der Waals surface area contributed by atoms with Crippen LogP contribution in [0.4, 0.5) is 4.79 Å². The van der Waals surface area contributed by atoms with E-state index in [2.05, 4.69) is 10.6 Å². The molecule has 2 saturated heterocycles. The molecule has 0 aromatic rings. The largest absolute Gasteiger partial charge is 0.342 e. The first-order chi connectivity index (χ1) is 8.81. The molecule has 1 spiro atoms. The zero-order valence-electron chi connectivity index (χ0n) is 11.7. The molecular formula is C13H21N3O3. The van der Waals surface area contributed by atoms with E-state index in [4.69, 9.17) is 0 Å². The molecule has 2 rings (SSSR count). The molecule has 6 nitrogen and oxygen atoms in total. The second-order valence-corrected chi connectivity index (χ2v) is 6.02. The van der Waals surface area contributed by atoms with Crippen LogP contribution in [0.2, 0.25) is 0 Å². The molecule has 0 bridgehead atoms. The normalized spacial score (nSPS) is 22.4. The van der Waals surface area contributed by atoms with Gasteiger partial charge in [-0.1, -0.05) is 20.8 Å². The zero-order valence-corrected chi connectivity index (χ0v) is 11.7. The van der Waals surface area contributed by atoms with Gasteiger partial charge in [0.25, 0.3) is 5.91 Å². The zero-order chi connectivity index (χ0) is 14.3. The molecule has 2 aliphatic heterocycles. The Balaban J connectivity index is 2.02. The first-order valence-electron chi connectivity index (χ1n) is 6.74. The number of hydrogen-bond donors (Lipinski definition) is 2. The van der Waals surface area contributed by atoms with Crippen molar-refractivity contribution in [2.45, 2.75) is 45.6 Å². The third-order valence-corrected chi connectivity index (χ3v) is 4.38. The summed E-state index contributed by atoms with van der Waals surface area (Å²) < 4.78 is 0. The van der Waals surface area contributed by atoms with Crippen molar-refractivity contribution in [2.24, 2.45) is 5.41 Å². The molecule has 2 N–H and O–H groups in total. The number of carbonyl (C=O) groups is 3. The quantitative estimate of drug-likeness (QED) is 0.720. The second-order valence-electron chi connectivity index (χ2n) is 6.02. The van der Waals surface area contributed by atoms with Crippen molar-refractivity contribution >= 4 is 17.8 Å². The molecule has 2 fully saturated rings. The van der Waals surface area contributed by atoms with Gasteiger partial charge in [-0.05, 0) is 19.3 Å². The summed E-state index contributed by atoms with van der Waals surface area (Å²) in [5.41, 5.74) is -1.17. The average molecular weight is 267 g/mol. The molecule has 0 saturated carbocycles. The Bertz CT molecular complexity index is 423. The maximum absolute atomic E-state index is 12.3. The summed E-state index contributed by atoms with van der Waals surface area (Å²) in [7, 11) is 0. The Morgan fingerprint density at radius 1 is 1.32 bits per heavy atom. The predicted octanol–water partition coefficient (Wildman–Crippen LogP) is 0.623. The highest BCUT2D eigenvalue weighted by Crippen LogP contribution is 2.29. The Morgan fingerprint density at radius 2 is 1.89 bits per heavy atom. The summed E-state index contributed by atoms with van der Waals surface area (Å²) >= 11 is 0. The van der Waals surface area contributed by atoms with E-state index in [1.54, 1.807) is 4.90 Å². The predicted molar refractivity (Wildman–Crippen MR) is 69.3 cm³/mol. The number of nitrogens with one attached hydrogen (secondary N) is 2. The highest BCUT2D eigenvalue weighted by molar-refractivity contribution is 6.07. The van der Waals surface area contributed by atoms with Crippen LogP contribution in [0.5, 0.6) is 0 Å². The van der Waals surface area contributed by atoms with Gasteiger partial charge in [0.05, 0.1) is 0 Å². The van der Waals surface area contributed by atoms with E-state index in [1.807, 2.05) is 20.8 Å². The average Bonchev–Trinajstić information content (AvgIpc) is 2.64. The summed E-state index contributed by atoms with van der Waals surface area (Å²) in [5, 5.41) is 4.96. The molecule has 0 aliphatic carbocycles. The van der Waals surface area contributed by atoms with Crippen LogP contribution >= 0.6 is 0 Å². The van der Waals surface area contributed by atoms with Crippen molar-refractivity contribution < 1.29 is 14.4 Å². The maximum atomic E-state index is 12.3. The maximum Gasteiger partial charge on any atom is 0.322 e. The Morgan fingerprint density at radius 3 is 2.32 bits per heavy atom. The second kappa shape index (κ2) is 4.51. The highest BCUT2D eigenvalue weighted by Gasteiger charge is 2.49. The Kier molecular flexibility index (Phi) is 3.28. The number of imide groups is 1. The number of piperidine rings is 1. The SMILES string of the molecule is CCC(C)(C)C(=O)N1CCC2(CC1)NC(=O)NC2=O. The van der Waals surface area contributed by atoms with Crippen LogP contribution in [0.3, 0.4) is 0 Å². The van der Waals surface area contributed by atoms with Crippen LogP contribution in [-0.2, 0) is 9.59 Å². The number of urea groups is 1. The lowest BCUT2D eigenvalue weighted by atomic mass is 9.84. The van der Waals surface area contributed by atoms with Crippen molar-refractivity contribution in [2.75, 3.05) is 13.1 Å². The van der Waals surface area contributed by atoms with Gasteiger partial charge in [-0.3, -0.25) is 14.9 Å². The van der Waals surface area contributed by atoms with Crippen molar-refractivity contribution in [1.82, 2.24) is 15.5 Å². The summed E-state index contributed by atoms with van der Waals surface area (Å²) in [6.07, 6.45) is 1.75. The number of nitrogens with zero attached hydrogens (tertiary/aromatic N) is 1. The van der Waals surface area contributed by atoms with Crippen molar-refractivity contribution in [3.05, 3.63) is 0 Å². The molecule has 0 radical (unpaired) electrons. The number of carbonyl (C=O) groups excluding carboxylic acids is 3. The van der Waals surface area contributed by atoms with Crippen LogP contribution < -0.4 is 10.6 Å². The smallest absolute Gasteiger partial charge is 0.322 e. The van der Waals surface area contributed by atoms with Crippen LogP contribution in [0, 0.1) is 5.41 Å². The minimum absolute atomic E-state index is 0.120. The van der Waals surface area contributed by atoms with Crippen LogP contribution in [0.15, 0.2) is 0 Å². The molecule has 0 atom stereocenters. The van der Waals surface area contributed by atoms with Gasteiger partial charge in [-0.25, -0.2) is 4.79 Å². The standard InChI is InChI=1S/C13H21N3O3/c1-4-12(2,3)10(18)16-7-5-13(6-8-16)9(17)14-11(19)15-13/h4-8H2,1-3H3,(H2,14,15,17,19). The summed E-state index contributed by atoms with van der Waals surface area (Å²) in [5.74, 6) is -0.145. The molecule has 6 heteroatoms. The molecule has 0 aromatic carbocycles. The van der Waals surface area contributed by atoms with Gasteiger partial charge in [0.2, 0.25) is 5.91 Å². The topological polar surface area (TPSA) is 78.5 Å². The van der Waals surface area contributed by atoms with Crippen LogP contribution in [0.1, 0.15) is 40.0 Å². The monoisotopic (exact) mass is 267 g/mol. The molecule has 0 unspecified atom stereocenters. The van der Waals surface area contributed by atoms with Crippen molar-refractivity contribution in [1.29, 1.82) is 0 Å². The van der Waals surface area contributed by atoms with Gasteiger partial charge >= 0.3 is 6.03 Å². The van der Waals surface area contributed by atoms with Gasteiger partial charge in [-0.2, -0.15) is 0 Å². The summed E-state index contributed by atoms with van der Waals surface area (Å²) in [6, 6.07) is -0.432. The molecule has 2 aliphatic rings. The number of likely N-dealkylation sites (tertiary alicyclic amines) is 1. The lowest BCUT2D eigenvalue weighted by molar-refractivity contribution is -0.143. The fourth-order valence-electron chi connectivity index (χ4n) is 2.55. The first kappa shape index (κ1) is 13.8. The molecule has 2 heterocycles. The van der Waals surface area contributed by atoms with Gasteiger partial charge in [0.1, 0.15) is 5.54 Å². The third-order valence-electron chi connectivity index (χ3n) is 4.38. The van der Waals surface area contributed by atoms with Crippen LogP contribution in [0.25, 0.3) is 0 Å². The van der Waals surface area contributed by atoms with Gasteiger partial charge < -0.3 is 10.2 Å². The van der Waals surface area contributed by atoms with Crippen molar-refractivity contribution in [3.8, 4) is 0 Å². The van der Waals surface area contributed by atoms with Gasteiger partial charge in [0, 0.05) is 18.5 Å². The minimum Gasteiger partial charge on any atom is -0.342 e. The fraction of sp³-hybridized carbons (Fsp3) is 0.769. The van der Waals surface area contributed by atoms with E-state index in [-0.39, 0.29) is 17.2 Å². The molecule has 4 amide bonds.